The Balaban J connectivity index is 1.87. The molecule has 2 aliphatic rings. The van der Waals surface area contributed by atoms with Crippen molar-refractivity contribution >= 4 is 30.1 Å². The second-order valence-electron chi connectivity index (χ2n) is 10.8. The summed E-state index contributed by atoms with van der Waals surface area (Å²) >= 11 is 0. The van der Waals surface area contributed by atoms with E-state index in [1.165, 1.54) is 5.19 Å². The molecule has 0 radical (unpaired) electrons. The van der Waals surface area contributed by atoms with E-state index in [0.29, 0.717) is 23.4 Å². The van der Waals surface area contributed by atoms with Crippen LogP contribution in [0, 0.1) is 0 Å². The van der Waals surface area contributed by atoms with E-state index in [0.717, 1.165) is 22.2 Å². The van der Waals surface area contributed by atoms with Crippen molar-refractivity contribution in [1.82, 2.24) is 9.55 Å². The van der Waals surface area contributed by atoms with Crippen LogP contribution in [0.2, 0.25) is 18.1 Å². The number of cyclic esters (lactones) is 1. The van der Waals surface area contributed by atoms with Crippen LogP contribution in [0.25, 0.3) is 22.3 Å². The largest absolute Gasteiger partial charge is 0.458 e. The molecule has 4 heterocycles. The van der Waals surface area contributed by atoms with Crippen LogP contribution in [0.5, 0.6) is 0 Å². The first kappa shape index (κ1) is 22.0. The summed E-state index contributed by atoms with van der Waals surface area (Å²) in [6.07, 6.45) is 0.134. The molecular formula is C26H30N2O4Si. The van der Waals surface area contributed by atoms with Gasteiger partial charge in [-0.1, -0.05) is 59.0 Å². The number of benzene rings is 1. The zero-order chi connectivity index (χ0) is 23.9. The predicted molar refractivity (Wildman–Crippen MR) is 131 cm³/mol. The van der Waals surface area contributed by atoms with E-state index < -0.39 is 19.6 Å². The molecule has 6 nitrogen and oxygen atoms in total. The molecule has 1 N–H and O–H groups in total. The molecule has 0 saturated carbocycles. The summed E-state index contributed by atoms with van der Waals surface area (Å²) in [5.74, 6) is -0.700. The van der Waals surface area contributed by atoms with Crippen LogP contribution in [0.4, 0.5) is 0 Å². The van der Waals surface area contributed by atoms with Gasteiger partial charge in [0.15, 0.2) is 5.60 Å². The summed E-state index contributed by atoms with van der Waals surface area (Å²) in [5, 5.41) is 13.7. The van der Waals surface area contributed by atoms with E-state index in [9.17, 15) is 14.7 Å². The number of esters is 1. The summed E-state index contributed by atoms with van der Waals surface area (Å²) in [5.41, 5.74) is 2.12. The maximum Gasteiger partial charge on any atom is 0.343 e. The SMILES string of the molecule is CCC1(O)C(=O)OCc2c1cc1n(c2=O)Cc2c-1nc1ccccc1c2[Si](C)(C)C(C)(C)C. The Kier molecular flexibility index (Phi) is 4.59. The Morgan fingerprint density at radius 3 is 2.55 bits per heavy atom. The number of nitrogens with zero attached hydrogens (tertiary/aromatic N) is 2. The number of aliphatic hydroxyl groups is 1. The highest BCUT2D eigenvalue weighted by Gasteiger charge is 2.46. The van der Waals surface area contributed by atoms with Gasteiger partial charge in [0.2, 0.25) is 0 Å². The fraction of sp³-hybridized carbons (Fsp3) is 0.423. The molecule has 7 heteroatoms. The van der Waals surface area contributed by atoms with Crippen molar-refractivity contribution in [3.63, 3.8) is 0 Å². The molecule has 1 atom stereocenters. The molecule has 0 fully saturated rings. The second-order valence-corrected chi connectivity index (χ2v) is 16.1. The van der Waals surface area contributed by atoms with Crippen LogP contribution in [0.1, 0.15) is 50.8 Å². The number of carbonyl (C=O) groups excluding carboxylic acids is 1. The van der Waals surface area contributed by atoms with Gasteiger partial charge in [-0.25, -0.2) is 9.78 Å². The van der Waals surface area contributed by atoms with E-state index in [2.05, 4.69) is 39.9 Å². The molecule has 1 aromatic carbocycles. The van der Waals surface area contributed by atoms with Gasteiger partial charge in [-0.15, -0.1) is 0 Å². The van der Waals surface area contributed by atoms with Crippen molar-refractivity contribution in [3.8, 4) is 11.4 Å². The third-order valence-electron chi connectivity index (χ3n) is 8.09. The molecule has 1 unspecified atom stereocenters. The molecule has 0 aliphatic carbocycles. The highest BCUT2D eigenvalue weighted by atomic mass is 28.3. The number of rotatable bonds is 2. The number of carbonyl (C=O) groups is 1. The van der Waals surface area contributed by atoms with E-state index >= 15 is 0 Å². The maximum absolute atomic E-state index is 13.6. The molecular weight excluding hydrogens is 432 g/mol. The number of hydrogen-bond acceptors (Lipinski definition) is 5. The molecule has 3 aromatic rings. The molecule has 0 spiro atoms. The lowest BCUT2D eigenvalue weighted by Gasteiger charge is -2.39. The van der Waals surface area contributed by atoms with Gasteiger partial charge in [0.1, 0.15) is 6.61 Å². The van der Waals surface area contributed by atoms with Crippen LogP contribution >= 0.6 is 0 Å². The number of aromatic nitrogens is 2. The number of hydrogen-bond donors (Lipinski definition) is 1. The number of ether oxygens (including phenoxy) is 1. The highest BCUT2D eigenvalue weighted by Crippen LogP contribution is 2.42. The zero-order valence-electron chi connectivity index (χ0n) is 20.1. The third-order valence-corrected chi connectivity index (χ3v) is 13.7. The first-order valence-corrected chi connectivity index (χ1v) is 14.5. The van der Waals surface area contributed by atoms with Crippen molar-refractivity contribution in [2.75, 3.05) is 0 Å². The molecule has 172 valence electrons. The Labute approximate surface area is 194 Å². The Morgan fingerprint density at radius 2 is 1.88 bits per heavy atom. The van der Waals surface area contributed by atoms with Gasteiger partial charge < -0.3 is 14.4 Å². The van der Waals surface area contributed by atoms with Crippen LogP contribution in [0.3, 0.4) is 0 Å². The average Bonchev–Trinajstić information content (AvgIpc) is 3.12. The van der Waals surface area contributed by atoms with Gasteiger partial charge in [0.25, 0.3) is 5.56 Å². The summed E-state index contributed by atoms with van der Waals surface area (Å²) < 4.78 is 6.94. The summed E-state index contributed by atoms with van der Waals surface area (Å²) in [4.78, 5) is 31.0. The van der Waals surface area contributed by atoms with Crippen LogP contribution in [-0.4, -0.2) is 28.7 Å². The molecule has 0 amide bonds. The predicted octanol–water partition coefficient (Wildman–Crippen LogP) is 3.80. The monoisotopic (exact) mass is 462 g/mol. The molecule has 5 rings (SSSR count). The van der Waals surface area contributed by atoms with Crippen molar-refractivity contribution in [3.05, 3.63) is 57.4 Å². The minimum Gasteiger partial charge on any atom is -0.458 e. The second kappa shape index (κ2) is 6.87. The molecule has 2 aliphatic heterocycles. The number of para-hydroxylation sites is 1. The smallest absolute Gasteiger partial charge is 0.343 e. The van der Waals surface area contributed by atoms with E-state index in [1.807, 2.05) is 18.2 Å². The van der Waals surface area contributed by atoms with Crippen molar-refractivity contribution in [1.29, 1.82) is 0 Å². The lowest BCUT2D eigenvalue weighted by atomic mass is 9.86. The molecule has 2 aromatic heterocycles. The quantitative estimate of drug-likeness (QED) is 0.362. The van der Waals surface area contributed by atoms with Crippen LogP contribution in [-0.2, 0) is 28.3 Å². The van der Waals surface area contributed by atoms with Gasteiger partial charge in [0.05, 0.1) is 37.1 Å². The van der Waals surface area contributed by atoms with E-state index in [1.54, 1.807) is 17.6 Å². The van der Waals surface area contributed by atoms with Gasteiger partial charge >= 0.3 is 5.97 Å². The lowest BCUT2D eigenvalue weighted by Crippen LogP contribution is -2.51. The normalized spacial score (nSPS) is 19.8. The summed E-state index contributed by atoms with van der Waals surface area (Å²) in [6.45, 7) is 13.7. The van der Waals surface area contributed by atoms with Crippen LogP contribution in [0.15, 0.2) is 35.1 Å². The van der Waals surface area contributed by atoms with Gasteiger partial charge in [-0.05, 0) is 39.7 Å². The summed E-state index contributed by atoms with van der Waals surface area (Å²) in [7, 11) is -2.02. The van der Waals surface area contributed by atoms with Gasteiger partial charge in [-0.3, -0.25) is 4.79 Å². The lowest BCUT2D eigenvalue weighted by molar-refractivity contribution is -0.172. The first-order valence-electron chi connectivity index (χ1n) is 11.5. The van der Waals surface area contributed by atoms with Gasteiger partial charge in [0, 0.05) is 5.56 Å². The highest BCUT2D eigenvalue weighted by molar-refractivity contribution is 6.94. The minimum absolute atomic E-state index is 0.0899. The van der Waals surface area contributed by atoms with Crippen LogP contribution < -0.4 is 10.7 Å². The maximum atomic E-state index is 13.6. The molecule has 33 heavy (non-hydrogen) atoms. The average molecular weight is 463 g/mol. The number of fused-ring (bicyclic) bond motifs is 5. The Bertz CT molecular complexity index is 1400. The topological polar surface area (TPSA) is 81.4 Å². The van der Waals surface area contributed by atoms with Crippen molar-refractivity contribution in [2.24, 2.45) is 0 Å². The zero-order valence-corrected chi connectivity index (χ0v) is 21.1. The van der Waals surface area contributed by atoms with Crippen molar-refractivity contribution < 1.29 is 14.6 Å². The fourth-order valence-corrected chi connectivity index (χ4v) is 7.70. The first-order chi connectivity index (χ1) is 15.4. The summed E-state index contributed by atoms with van der Waals surface area (Å²) in [6, 6.07) is 9.98. The fourth-order valence-electron chi connectivity index (χ4n) is 5.12. The molecule has 0 bridgehead atoms. The Hall–Kier alpha value is -2.77. The van der Waals surface area contributed by atoms with Gasteiger partial charge in [-0.2, -0.15) is 0 Å². The minimum atomic E-state index is -2.02. The van der Waals surface area contributed by atoms with E-state index in [4.69, 9.17) is 9.72 Å². The molecule has 0 saturated heterocycles. The number of pyridine rings is 2. The third kappa shape index (κ3) is 2.85. The van der Waals surface area contributed by atoms with Crippen molar-refractivity contribution in [2.45, 2.75) is 71.0 Å². The Morgan fingerprint density at radius 1 is 1.18 bits per heavy atom. The standard InChI is InChI=1S/C26H30N2O4Si/c1-7-26(31)18-12-20-21-16(13-28(20)23(29)17(18)14-32-24(26)30)22(33(5,6)25(2,3)4)15-10-8-9-11-19(15)27-21/h8-12,31H,7,13-14H2,1-6H3. The van der Waals surface area contributed by atoms with E-state index in [-0.39, 0.29) is 23.6 Å².